The predicted molar refractivity (Wildman–Crippen MR) is 28.0 cm³/mol. The average molecular weight is 101 g/mol. The van der Waals surface area contributed by atoms with Crippen LogP contribution in [0, 0.1) is 0 Å². The standard InChI is InChI=1S/C5H11NO/c1-5(2)4(6)3-7-5/h4H,3,6H2,1-2H3/t4-/m0/s1. The summed E-state index contributed by atoms with van der Waals surface area (Å²) in [5.74, 6) is 0. The predicted octanol–water partition coefficient (Wildman–Crippen LogP) is 0.123. The highest BCUT2D eigenvalue weighted by atomic mass is 16.5. The summed E-state index contributed by atoms with van der Waals surface area (Å²) in [6.07, 6.45) is 0. The van der Waals surface area contributed by atoms with Gasteiger partial charge in [-0.15, -0.1) is 0 Å². The minimum atomic E-state index is -0.0417. The van der Waals surface area contributed by atoms with Crippen molar-refractivity contribution in [3.05, 3.63) is 0 Å². The second kappa shape index (κ2) is 1.20. The molecule has 2 nitrogen and oxygen atoms in total. The first-order valence-electron chi connectivity index (χ1n) is 2.52. The van der Waals surface area contributed by atoms with Crippen molar-refractivity contribution in [1.82, 2.24) is 0 Å². The molecule has 2 heteroatoms. The van der Waals surface area contributed by atoms with E-state index >= 15 is 0 Å². The van der Waals surface area contributed by atoms with E-state index in [9.17, 15) is 0 Å². The average Bonchev–Trinajstić information content (AvgIpc) is 1.63. The molecule has 42 valence electrons. The number of nitrogens with two attached hydrogens (primary N) is 1. The van der Waals surface area contributed by atoms with E-state index in [-0.39, 0.29) is 11.6 Å². The first kappa shape index (κ1) is 5.06. The lowest BCUT2D eigenvalue weighted by Crippen LogP contribution is -2.58. The Kier molecular flexibility index (Phi) is 0.869. The van der Waals surface area contributed by atoms with Gasteiger partial charge in [0.05, 0.1) is 18.2 Å². The van der Waals surface area contributed by atoms with Crippen LogP contribution in [-0.4, -0.2) is 18.2 Å². The molecule has 0 amide bonds. The molecule has 0 bridgehead atoms. The quantitative estimate of drug-likeness (QED) is 0.470. The molecule has 1 aliphatic heterocycles. The van der Waals surface area contributed by atoms with E-state index in [4.69, 9.17) is 10.5 Å². The smallest absolute Gasteiger partial charge is 0.0800 e. The van der Waals surface area contributed by atoms with Gasteiger partial charge in [-0.1, -0.05) is 0 Å². The van der Waals surface area contributed by atoms with Crippen LogP contribution in [0.2, 0.25) is 0 Å². The number of hydrogen-bond donors (Lipinski definition) is 1. The SMILES string of the molecule is CC1(C)OC[C@@H]1N. The third kappa shape index (κ3) is 0.640. The van der Waals surface area contributed by atoms with Crippen LogP contribution in [0.25, 0.3) is 0 Å². The van der Waals surface area contributed by atoms with Crippen molar-refractivity contribution >= 4 is 0 Å². The van der Waals surface area contributed by atoms with Crippen LogP contribution in [0.15, 0.2) is 0 Å². The van der Waals surface area contributed by atoms with Gasteiger partial charge >= 0.3 is 0 Å². The van der Waals surface area contributed by atoms with Crippen LogP contribution < -0.4 is 5.73 Å². The maximum atomic E-state index is 5.53. The second-order valence-corrected chi connectivity index (χ2v) is 2.52. The molecule has 1 heterocycles. The zero-order valence-corrected chi connectivity index (χ0v) is 4.77. The minimum Gasteiger partial charge on any atom is -0.372 e. The minimum absolute atomic E-state index is 0.0417. The first-order chi connectivity index (χ1) is 3.13. The van der Waals surface area contributed by atoms with Crippen molar-refractivity contribution in [2.24, 2.45) is 5.73 Å². The topological polar surface area (TPSA) is 35.2 Å². The highest BCUT2D eigenvalue weighted by molar-refractivity contribution is 4.90. The molecule has 0 aromatic carbocycles. The summed E-state index contributed by atoms with van der Waals surface area (Å²) in [5, 5.41) is 0. The maximum absolute atomic E-state index is 5.53. The van der Waals surface area contributed by atoms with Crippen LogP contribution in [0.1, 0.15) is 13.8 Å². The van der Waals surface area contributed by atoms with Gasteiger partial charge < -0.3 is 10.5 Å². The Morgan fingerprint density at radius 3 is 2.14 bits per heavy atom. The van der Waals surface area contributed by atoms with Crippen molar-refractivity contribution in [3.63, 3.8) is 0 Å². The van der Waals surface area contributed by atoms with Crippen LogP contribution >= 0.6 is 0 Å². The lowest BCUT2D eigenvalue weighted by Gasteiger charge is -2.41. The van der Waals surface area contributed by atoms with Gasteiger partial charge in [0.15, 0.2) is 0 Å². The second-order valence-electron chi connectivity index (χ2n) is 2.52. The zero-order chi connectivity index (χ0) is 5.49. The largest absolute Gasteiger partial charge is 0.372 e. The molecule has 7 heavy (non-hydrogen) atoms. The van der Waals surface area contributed by atoms with Gasteiger partial charge in [-0.3, -0.25) is 0 Å². The molecular formula is C5H11NO. The molecule has 0 radical (unpaired) electrons. The summed E-state index contributed by atoms with van der Waals surface area (Å²) in [5.41, 5.74) is 5.49. The van der Waals surface area contributed by atoms with Gasteiger partial charge in [0.2, 0.25) is 0 Å². The monoisotopic (exact) mass is 101 g/mol. The van der Waals surface area contributed by atoms with Gasteiger partial charge in [-0.25, -0.2) is 0 Å². The summed E-state index contributed by atoms with van der Waals surface area (Å²) in [6.45, 7) is 4.73. The molecule has 0 aliphatic carbocycles. The Labute approximate surface area is 43.6 Å². The van der Waals surface area contributed by atoms with Crippen molar-refractivity contribution in [2.75, 3.05) is 6.61 Å². The lowest BCUT2D eigenvalue weighted by atomic mass is 9.95. The van der Waals surface area contributed by atoms with E-state index in [1.54, 1.807) is 0 Å². The van der Waals surface area contributed by atoms with Crippen molar-refractivity contribution < 1.29 is 4.74 Å². The Bertz CT molecular complexity index is 80.1. The molecule has 1 saturated heterocycles. The Morgan fingerprint density at radius 2 is 2.14 bits per heavy atom. The summed E-state index contributed by atoms with van der Waals surface area (Å²) in [6, 6.07) is 0.257. The Hall–Kier alpha value is -0.0800. The Morgan fingerprint density at radius 1 is 1.71 bits per heavy atom. The third-order valence-electron chi connectivity index (χ3n) is 1.53. The van der Waals surface area contributed by atoms with Crippen LogP contribution in [0.5, 0.6) is 0 Å². The van der Waals surface area contributed by atoms with Crippen LogP contribution in [-0.2, 0) is 4.74 Å². The molecule has 1 atom stereocenters. The fourth-order valence-electron chi connectivity index (χ4n) is 0.513. The maximum Gasteiger partial charge on any atom is 0.0800 e. The van der Waals surface area contributed by atoms with E-state index in [1.165, 1.54) is 0 Å². The zero-order valence-electron chi connectivity index (χ0n) is 4.77. The summed E-state index contributed by atoms with van der Waals surface area (Å²) in [7, 11) is 0. The van der Waals surface area contributed by atoms with Crippen LogP contribution in [0.4, 0.5) is 0 Å². The van der Waals surface area contributed by atoms with E-state index in [0.29, 0.717) is 0 Å². The van der Waals surface area contributed by atoms with Crippen LogP contribution in [0.3, 0.4) is 0 Å². The van der Waals surface area contributed by atoms with Gasteiger partial charge in [-0.05, 0) is 13.8 Å². The Balaban J connectivity index is 2.43. The number of hydrogen-bond acceptors (Lipinski definition) is 2. The number of rotatable bonds is 0. The normalized spacial score (nSPS) is 37.3. The first-order valence-corrected chi connectivity index (χ1v) is 2.52. The van der Waals surface area contributed by atoms with Gasteiger partial charge in [0.25, 0.3) is 0 Å². The molecule has 2 N–H and O–H groups in total. The molecule has 1 aliphatic rings. The van der Waals surface area contributed by atoms with E-state index in [0.717, 1.165) is 6.61 Å². The van der Waals surface area contributed by atoms with E-state index in [2.05, 4.69) is 0 Å². The summed E-state index contributed by atoms with van der Waals surface area (Å²) >= 11 is 0. The lowest BCUT2D eigenvalue weighted by molar-refractivity contribution is -0.140. The van der Waals surface area contributed by atoms with E-state index < -0.39 is 0 Å². The van der Waals surface area contributed by atoms with Gasteiger partial charge in [-0.2, -0.15) is 0 Å². The third-order valence-corrected chi connectivity index (χ3v) is 1.53. The molecule has 0 unspecified atom stereocenters. The van der Waals surface area contributed by atoms with Gasteiger partial charge in [0, 0.05) is 0 Å². The van der Waals surface area contributed by atoms with Crippen molar-refractivity contribution in [2.45, 2.75) is 25.5 Å². The summed E-state index contributed by atoms with van der Waals surface area (Å²) < 4.78 is 5.11. The molecule has 0 aromatic rings. The highest BCUT2D eigenvalue weighted by Crippen LogP contribution is 2.22. The molecule has 1 rings (SSSR count). The highest BCUT2D eigenvalue weighted by Gasteiger charge is 2.36. The summed E-state index contributed by atoms with van der Waals surface area (Å²) in [4.78, 5) is 0. The molecule has 1 fully saturated rings. The van der Waals surface area contributed by atoms with Crippen molar-refractivity contribution in [1.29, 1.82) is 0 Å². The van der Waals surface area contributed by atoms with Crippen molar-refractivity contribution in [3.8, 4) is 0 Å². The molecule has 0 aromatic heterocycles. The van der Waals surface area contributed by atoms with Gasteiger partial charge in [0.1, 0.15) is 0 Å². The fraction of sp³-hybridized carbons (Fsp3) is 1.00. The molecule has 0 spiro atoms. The molecular weight excluding hydrogens is 90.1 g/mol. The fourth-order valence-corrected chi connectivity index (χ4v) is 0.513. The number of ether oxygens (including phenoxy) is 1. The van der Waals surface area contributed by atoms with E-state index in [1.807, 2.05) is 13.8 Å². The molecule has 0 saturated carbocycles.